The fourth-order valence-corrected chi connectivity index (χ4v) is 1.17. The van der Waals surface area contributed by atoms with E-state index in [2.05, 4.69) is 17.2 Å². The molecule has 0 unspecified atom stereocenters. The first kappa shape index (κ1) is 8.20. The molecule has 0 fully saturated rings. The number of hydrogen-bond donors (Lipinski definition) is 1. The van der Waals surface area contributed by atoms with Crippen LogP contribution in [0.2, 0.25) is 0 Å². The molecule has 0 aliphatic rings. The van der Waals surface area contributed by atoms with Gasteiger partial charge in [-0.1, -0.05) is 12.1 Å². The summed E-state index contributed by atoms with van der Waals surface area (Å²) in [5, 5.41) is 7.79. The van der Waals surface area contributed by atoms with Crippen molar-refractivity contribution in [2.75, 3.05) is 0 Å². The molecule has 0 bridgehead atoms. The highest BCUT2D eigenvalue weighted by molar-refractivity contribution is 5.11. The van der Waals surface area contributed by atoms with Crippen LogP contribution >= 0.6 is 0 Å². The van der Waals surface area contributed by atoms with Crippen LogP contribution in [-0.2, 0) is 7.05 Å². The Morgan fingerprint density at radius 2 is 2.27 bits per heavy atom. The Bertz CT molecular complexity index is 221. The number of hydrogen-bond acceptors (Lipinski definition) is 3. The lowest BCUT2D eigenvalue weighted by Crippen LogP contribution is -2.14. The number of aromatic nitrogens is 3. The zero-order valence-electron chi connectivity index (χ0n) is 7.20. The zero-order chi connectivity index (χ0) is 8.43. The van der Waals surface area contributed by atoms with Gasteiger partial charge in [-0.05, 0) is 13.3 Å². The second-order valence-electron chi connectivity index (χ2n) is 2.70. The molecule has 4 heteroatoms. The van der Waals surface area contributed by atoms with Crippen molar-refractivity contribution >= 4 is 0 Å². The first-order valence-electron chi connectivity index (χ1n) is 3.78. The molecular formula is C7H14N4. The molecule has 0 aliphatic carbocycles. The molecule has 0 spiro atoms. The van der Waals surface area contributed by atoms with Gasteiger partial charge in [0, 0.05) is 13.1 Å². The van der Waals surface area contributed by atoms with Gasteiger partial charge in [0.1, 0.15) is 0 Å². The minimum atomic E-state index is 0.0648. The number of nitrogens with two attached hydrogens (primary N) is 1. The van der Waals surface area contributed by atoms with E-state index in [4.69, 9.17) is 5.73 Å². The Morgan fingerprint density at radius 1 is 1.64 bits per heavy atom. The molecule has 1 aromatic rings. The van der Waals surface area contributed by atoms with E-state index >= 15 is 0 Å². The number of rotatable bonds is 2. The normalized spacial score (nSPS) is 13.5. The molecule has 0 amide bonds. The van der Waals surface area contributed by atoms with Crippen LogP contribution in [0.15, 0.2) is 0 Å². The smallest absolute Gasteiger partial charge is 0.0844 e. The van der Waals surface area contributed by atoms with Gasteiger partial charge in [-0.3, -0.25) is 4.68 Å². The third-order valence-electron chi connectivity index (χ3n) is 1.84. The molecular weight excluding hydrogens is 140 g/mol. The fraction of sp³-hybridized carbons (Fsp3) is 0.714. The molecule has 1 atom stereocenters. The molecule has 1 aromatic heterocycles. The van der Waals surface area contributed by atoms with Crippen molar-refractivity contribution in [3.05, 3.63) is 11.4 Å². The fourth-order valence-electron chi connectivity index (χ4n) is 1.17. The van der Waals surface area contributed by atoms with Gasteiger partial charge in [0.05, 0.1) is 11.4 Å². The second-order valence-corrected chi connectivity index (χ2v) is 2.70. The van der Waals surface area contributed by atoms with Gasteiger partial charge in [-0.2, -0.15) is 0 Å². The largest absolute Gasteiger partial charge is 0.323 e. The summed E-state index contributed by atoms with van der Waals surface area (Å²) in [7, 11) is 1.87. The Kier molecular flexibility index (Phi) is 2.24. The Hall–Kier alpha value is -0.900. The zero-order valence-corrected chi connectivity index (χ0v) is 7.20. The first-order chi connectivity index (χ1) is 5.16. The molecule has 62 valence electrons. The minimum absolute atomic E-state index is 0.0648. The summed E-state index contributed by atoms with van der Waals surface area (Å²) in [6.45, 7) is 3.98. The van der Waals surface area contributed by atoms with Crippen LogP contribution < -0.4 is 5.73 Å². The lowest BCUT2D eigenvalue weighted by molar-refractivity contribution is 0.596. The molecule has 4 nitrogen and oxygen atoms in total. The van der Waals surface area contributed by atoms with E-state index in [1.807, 2.05) is 14.0 Å². The molecule has 2 N–H and O–H groups in total. The van der Waals surface area contributed by atoms with E-state index in [1.54, 1.807) is 4.68 Å². The quantitative estimate of drug-likeness (QED) is 0.676. The van der Waals surface area contributed by atoms with Crippen molar-refractivity contribution in [2.45, 2.75) is 26.3 Å². The number of aryl methyl sites for hydroxylation is 2. The molecule has 1 heterocycles. The van der Waals surface area contributed by atoms with E-state index in [1.165, 1.54) is 0 Å². The molecule has 0 saturated carbocycles. The van der Waals surface area contributed by atoms with Crippen LogP contribution in [-0.4, -0.2) is 15.0 Å². The topological polar surface area (TPSA) is 56.7 Å². The van der Waals surface area contributed by atoms with Gasteiger partial charge >= 0.3 is 0 Å². The van der Waals surface area contributed by atoms with Crippen LogP contribution in [0.25, 0.3) is 0 Å². The van der Waals surface area contributed by atoms with Crippen LogP contribution in [0, 0.1) is 6.92 Å². The van der Waals surface area contributed by atoms with Gasteiger partial charge in [-0.25, -0.2) is 0 Å². The summed E-state index contributed by atoms with van der Waals surface area (Å²) in [5.41, 5.74) is 7.81. The molecule has 0 aliphatic heterocycles. The van der Waals surface area contributed by atoms with E-state index in [0.29, 0.717) is 0 Å². The summed E-state index contributed by atoms with van der Waals surface area (Å²) in [4.78, 5) is 0. The van der Waals surface area contributed by atoms with E-state index in [9.17, 15) is 0 Å². The maximum atomic E-state index is 5.84. The highest BCUT2D eigenvalue weighted by atomic mass is 15.4. The summed E-state index contributed by atoms with van der Waals surface area (Å²) in [6, 6.07) is 0.0648. The van der Waals surface area contributed by atoms with Crippen LogP contribution in [0.5, 0.6) is 0 Å². The maximum absolute atomic E-state index is 5.84. The van der Waals surface area contributed by atoms with Crippen LogP contribution in [0.1, 0.15) is 30.8 Å². The van der Waals surface area contributed by atoms with Crippen molar-refractivity contribution in [2.24, 2.45) is 12.8 Å². The van der Waals surface area contributed by atoms with Crippen molar-refractivity contribution in [3.63, 3.8) is 0 Å². The van der Waals surface area contributed by atoms with Crippen LogP contribution in [0.3, 0.4) is 0 Å². The first-order valence-corrected chi connectivity index (χ1v) is 3.78. The Labute approximate surface area is 66.4 Å². The van der Waals surface area contributed by atoms with Gasteiger partial charge in [0.15, 0.2) is 0 Å². The minimum Gasteiger partial charge on any atom is -0.323 e. The van der Waals surface area contributed by atoms with Gasteiger partial charge in [-0.15, -0.1) is 5.10 Å². The molecule has 0 aromatic carbocycles. The molecule has 11 heavy (non-hydrogen) atoms. The molecule has 1 rings (SSSR count). The summed E-state index contributed by atoms with van der Waals surface area (Å²) >= 11 is 0. The van der Waals surface area contributed by atoms with E-state index in [0.717, 1.165) is 17.8 Å². The lowest BCUT2D eigenvalue weighted by atomic mass is 10.1. The predicted octanol–water partition coefficient (Wildman–Crippen LogP) is 0.533. The van der Waals surface area contributed by atoms with E-state index in [-0.39, 0.29) is 6.04 Å². The van der Waals surface area contributed by atoms with E-state index < -0.39 is 0 Å². The summed E-state index contributed by atoms with van der Waals surface area (Å²) in [6.07, 6.45) is 0.919. The van der Waals surface area contributed by atoms with Crippen LogP contribution in [0.4, 0.5) is 0 Å². The monoisotopic (exact) mass is 154 g/mol. The predicted molar refractivity (Wildman–Crippen MR) is 43.0 cm³/mol. The maximum Gasteiger partial charge on any atom is 0.0844 e. The third kappa shape index (κ3) is 1.40. The van der Waals surface area contributed by atoms with Crippen molar-refractivity contribution in [1.29, 1.82) is 0 Å². The molecule has 0 radical (unpaired) electrons. The molecule has 0 saturated heterocycles. The van der Waals surface area contributed by atoms with Gasteiger partial charge in [0.25, 0.3) is 0 Å². The highest BCUT2D eigenvalue weighted by Gasteiger charge is 2.12. The number of nitrogens with zero attached hydrogens (tertiary/aromatic N) is 3. The van der Waals surface area contributed by atoms with Crippen molar-refractivity contribution < 1.29 is 0 Å². The Morgan fingerprint density at radius 3 is 2.64 bits per heavy atom. The van der Waals surface area contributed by atoms with Gasteiger partial charge < -0.3 is 5.73 Å². The average molecular weight is 154 g/mol. The second kappa shape index (κ2) is 3.00. The summed E-state index contributed by atoms with van der Waals surface area (Å²) < 4.78 is 1.74. The lowest BCUT2D eigenvalue weighted by Gasteiger charge is -2.08. The SMILES string of the molecule is CC[C@H](N)c1c(C)nnn1C. The average Bonchev–Trinajstić information content (AvgIpc) is 2.30. The van der Waals surface area contributed by atoms with Gasteiger partial charge in [0.2, 0.25) is 0 Å². The van der Waals surface area contributed by atoms with Crippen molar-refractivity contribution in [1.82, 2.24) is 15.0 Å². The Balaban J connectivity index is 3.00. The summed E-state index contributed by atoms with van der Waals surface area (Å²) in [5.74, 6) is 0. The third-order valence-corrected chi connectivity index (χ3v) is 1.84. The highest BCUT2D eigenvalue weighted by Crippen LogP contribution is 2.14. The van der Waals surface area contributed by atoms with Crippen molar-refractivity contribution in [3.8, 4) is 0 Å². The standard InChI is InChI=1S/C7H14N4/c1-4-6(8)7-5(2)9-10-11(7)3/h6H,4,8H2,1-3H3/t6-/m0/s1.